The number of dihydropyridines is 3. The van der Waals surface area contributed by atoms with Crippen molar-refractivity contribution < 1.29 is 17.9 Å². The van der Waals surface area contributed by atoms with Gasteiger partial charge in [0, 0.05) is 19.4 Å². The Bertz CT molecular complexity index is 1030. The second-order valence-electron chi connectivity index (χ2n) is 7.29. The number of rotatable bonds is 1. The van der Waals surface area contributed by atoms with E-state index in [1.54, 1.807) is 6.08 Å². The molecule has 2 N–H and O–H groups in total. The maximum atomic E-state index is 13.3. The van der Waals surface area contributed by atoms with Crippen LogP contribution in [0, 0.1) is 0 Å². The fourth-order valence-electron chi connectivity index (χ4n) is 3.84. The molecule has 0 spiro atoms. The number of nitrogens with two attached hydrogens (primary N) is 1. The summed E-state index contributed by atoms with van der Waals surface area (Å²) in [4.78, 5) is 13.2. The molecule has 0 aromatic carbocycles. The van der Waals surface area contributed by atoms with Crippen LogP contribution in [0.4, 0.5) is 13.2 Å². The molecule has 11 heteroatoms. The maximum absolute atomic E-state index is 13.3. The highest BCUT2D eigenvalue weighted by Crippen LogP contribution is 2.40. The van der Waals surface area contributed by atoms with E-state index in [9.17, 15) is 13.2 Å². The molecular weight excluding hydrogens is 512 g/mol. The molecule has 7 nitrogen and oxygen atoms in total. The summed E-state index contributed by atoms with van der Waals surface area (Å²) in [5.41, 5.74) is 7.09. The molecule has 0 bridgehead atoms. The highest BCUT2D eigenvalue weighted by atomic mass is 127. The highest BCUT2D eigenvalue weighted by molar-refractivity contribution is 14.2. The van der Waals surface area contributed by atoms with Crippen LogP contribution in [-0.4, -0.2) is 60.8 Å². The van der Waals surface area contributed by atoms with Crippen LogP contribution in [0.15, 0.2) is 62.6 Å². The Labute approximate surface area is 180 Å². The van der Waals surface area contributed by atoms with E-state index in [0.717, 1.165) is 33.9 Å². The third-order valence-electron chi connectivity index (χ3n) is 5.40. The number of allylic oxidation sites excluding steroid dienone is 2. The average Bonchev–Trinajstić information content (AvgIpc) is 3.18. The third-order valence-corrected chi connectivity index (χ3v) is 7.39. The lowest BCUT2D eigenvalue weighted by molar-refractivity contribution is -0.0863. The first-order valence-electron chi connectivity index (χ1n) is 9.51. The number of alkyl halides is 3. The topological polar surface area (TPSA) is 87.9 Å². The van der Waals surface area contributed by atoms with Gasteiger partial charge in [0.25, 0.3) is 0 Å². The van der Waals surface area contributed by atoms with Crippen molar-refractivity contribution >= 4 is 38.8 Å². The van der Waals surface area contributed by atoms with Gasteiger partial charge in [-0.25, -0.2) is 4.99 Å². The largest absolute Gasteiger partial charge is 0.419 e. The van der Waals surface area contributed by atoms with E-state index in [0.29, 0.717) is 24.5 Å². The first kappa shape index (κ1) is 19.8. The van der Waals surface area contributed by atoms with E-state index in [2.05, 4.69) is 15.0 Å². The zero-order chi connectivity index (χ0) is 20.9. The summed E-state index contributed by atoms with van der Waals surface area (Å²) in [7, 11) is 0. The van der Waals surface area contributed by atoms with Crippen LogP contribution in [0.3, 0.4) is 0 Å². The first-order chi connectivity index (χ1) is 14.4. The summed E-state index contributed by atoms with van der Waals surface area (Å²) in [5.74, 6) is -0.491. The van der Waals surface area contributed by atoms with Gasteiger partial charge in [-0.15, -0.1) is 3.25 Å². The Morgan fingerprint density at radius 1 is 1.23 bits per heavy atom. The normalized spacial score (nSPS) is 29.2. The zero-order valence-electron chi connectivity index (χ0n) is 15.7. The second-order valence-corrected chi connectivity index (χ2v) is 9.37. The summed E-state index contributed by atoms with van der Waals surface area (Å²) in [6, 6.07) is -0.00501. The molecular formula is C19H18F3IN6O. The standard InChI is InChI=1S/C19H18F3IN6O/c20-19(21,22)12-7-10(8-26-18(12)24)14-1-2-15-16(27-14)17-13(9-25-15)23-28-29(17)11-3-5-30-6-4-11/h1-2,7,9,11,15H,3-6,8H2,(H2,24,26). The maximum Gasteiger partial charge on any atom is 0.419 e. The number of fused-ring (bicyclic) bond motifs is 2. The number of hydrogen-bond donors (Lipinski definition) is 1. The van der Waals surface area contributed by atoms with Crippen molar-refractivity contribution in [3.8, 4) is 0 Å². The first-order valence-corrected chi connectivity index (χ1v) is 11.5. The smallest absolute Gasteiger partial charge is 0.383 e. The average molecular weight is 530 g/mol. The minimum absolute atomic E-state index is 0.0582. The summed E-state index contributed by atoms with van der Waals surface area (Å²) in [6.45, 7) is 1.45. The molecule has 1 saturated heterocycles. The minimum Gasteiger partial charge on any atom is -0.383 e. The predicted molar refractivity (Wildman–Crippen MR) is 116 cm³/mol. The van der Waals surface area contributed by atoms with Gasteiger partial charge in [-0.2, -0.15) is 13.2 Å². The Morgan fingerprint density at radius 3 is 2.80 bits per heavy atom. The second kappa shape index (κ2) is 7.52. The van der Waals surface area contributed by atoms with Crippen LogP contribution in [-0.2, 0) is 4.74 Å². The highest BCUT2D eigenvalue weighted by Gasteiger charge is 2.39. The van der Waals surface area contributed by atoms with Crippen LogP contribution in [0.1, 0.15) is 12.8 Å². The van der Waals surface area contributed by atoms with E-state index >= 15 is 0 Å². The van der Waals surface area contributed by atoms with Crippen LogP contribution in [0.5, 0.6) is 0 Å². The molecule has 158 valence electrons. The number of halogens is 4. The van der Waals surface area contributed by atoms with E-state index in [-0.39, 0.29) is 18.6 Å². The predicted octanol–water partition coefficient (Wildman–Crippen LogP) is 3.34. The molecule has 0 radical (unpaired) electrons. The van der Waals surface area contributed by atoms with Gasteiger partial charge in [0.1, 0.15) is 17.6 Å². The Balaban J connectivity index is 1.53. The minimum atomic E-state index is -4.56. The van der Waals surface area contributed by atoms with E-state index in [4.69, 9.17) is 18.7 Å². The fraction of sp³-hybridized carbons (Fsp3) is 0.421. The number of nitrogens with zero attached hydrogens (tertiary/aromatic N) is 5. The van der Waals surface area contributed by atoms with Crippen LogP contribution in [0.25, 0.3) is 0 Å². The molecule has 1 unspecified atom stereocenters. The third kappa shape index (κ3) is 3.47. The molecule has 1 atom stereocenters. The molecule has 5 aliphatic rings. The lowest BCUT2D eigenvalue weighted by Crippen LogP contribution is -2.40. The van der Waals surface area contributed by atoms with Crippen molar-refractivity contribution in [1.29, 1.82) is 0 Å². The van der Waals surface area contributed by atoms with Gasteiger partial charge in [0.2, 0.25) is 0 Å². The van der Waals surface area contributed by atoms with Crippen LogP contribution >= 0.6 is 21.0 Å². The van der Waals surface area contributed by atoms with Crippen LogP contribution < -0.4 is 5.73 Å². The molecule has 5 aliphatic heterocycles. The summed E-state index contributed by atoms with van der Waals surface area (Å²) in [5, 5.41) is 2.07. The van der Waals surface area contributed by atoms with E-state index < -0.39 is 38.6 Å². The quantitative estimate of drug-likeness (QED) is 0.528. The molecule has 5 heterocycles. The van der Waals surface area contributed by atoms with Crippen molar-refractivity contribution in [3.63, 3.8) is 0 Å². The lowest BCUT2D eigenvalue weighted by Gasteiger charge is -2.34. The number of ether oxygens (including phenoxy) is 1. The van der Waals surface area contributed by atoms with Gasteiger partial charge >= 0.3 is 6.18 Å². The van der Waals surface area contributed by atoms with Gasteiger partial charge in [0.05, 0.1) is 54.2 Å². The van der Waals surface area contributed by atoms with Gasteiger partial charge < -0.3 is 10.5 Å². The van der Waals surface area contributed by atoms with Crippen molar-refractivity contribution in [2.24, 2.45) is 24.0 Å². The molecule has 0 aromatic rings. The van der Waals surface area contributed by atoms with Gasteiger partial charge in [-0.05, 0) is 30.6 Å². The van der Waals surface area contributed by atoms with Crippen LogP contribution in [0.2, 0.25) is 0 Å². The SMILES string of the molecule is NC1=NCC(=C2C=CC3N=CC4=C(C3=N2)N(C2CCOCC2)N=I4)C=C1C(F)(F)F. The Morgan fingerprint density at radius 2 is 2.03 bits per heavy atom. The van der Waals surface area contributed by atoms with Gasteiger partial charge in [-0.3, -0.25) is 15.0 Å². The number of hydrogen-bond acceptors (Lipinski definition) is 7. The van der Waals surface area contributed by atoms with E-state index in [1.165, 1.54) is 0 Å². The molecule has 5 rings (SSSR count). The molecule has 0 aromatic heterocycles. The molecule has 0 saturated carbocycles. The van der Waals surface area contributed by atoms with Gasteiger partial charge in [-0.1, -0.05) is 6.08 Å². The Hall–Kier alpha value is -2.15. The van der Waals surface area contributed by atoms with Crippen molar-refractivity contribution in [1.82, 2.24) is 5.01 Å². The lowest BCUT2D eigenvalue weighted by atomic mass is 9.98. The summed E-state index contributed by atoms with van der Waals surface area (Å²) < 4.78 is 51.2. The van der Waals surface area contributed by atoms with Crippen molar-refractivity contribution in [3.05, 3.63) is 44.3 Å². The summed E-state index contributed by atoms with van der Waals surface area (Å²) in [6.07, 6.45) is 3.72. The molecule has 1 fully saturated rings. The number of amidine groups is 1. The molecule has 0 amide bonds. The zero-order valence-corrected chi connectivity index (χ0v) is 17.9. The summed E-state index contributed by atoms with van der Waals surface area (Å²) >= 11 is -0.559. The molecule has 30 heavy (non-hydrogen) atoms. The number of aliphatic imine (C=N–C) groups is 3. The Kier molecular flexibility index (Phi) is 4.96. The monoisotopic (exact) mass is 530 g/mol. The van der Waals surface area contributed by atoms with Crippen molar-refractivity contribution in [2.45, 2.75) is 31.1 Å². The van der Waals surface area contributed by atoms with E-state index in [1.807, 2.05) is 12.3 Å². The van der Waals surface area contributed by atoms with Crippen molar-refractivity contribution in [2.75, 3.05) is 19.8 Å². The fourth-order valence-corrected chi connectivity index (χ4v) is 5.91. The van der Waals surface area contributed by atoms with Gasteiger partial charge in [0.15, 0.2) is 0 Å². The molecule has 0 aliphatic carbocycles.